The molecule has 1 aromatic carbocycles. The van der Waals surface area contributed by atoms with Crippen molar-refractivity contribution in [1.29, 1.82) is 0 Å². The Morgan fingerprint density at radius 2 is 1.65 bits per heavy atom. The lowest BCUT2D eigenvalue weighted by molar-refractivity contribution is 0.604. The van der Waals surface area contributed by atoms with E-state index in [1.165, 1.54) is 0 Å². The monoisotopic (exact) mass is 263 g/mol. The maximum absolute atomic E-state index is 4.71. The first-order chi connectivity index (χ1) is 9.86. The molecular formula is C17H17N3. The first kappa shape index (κ1) is 12.6. The Hall–Kier alpha value is -2.42. The Balaban J connectivity index is 1.94. The molecule has 0 saturated heterocycles. The minimum Gasteiger partial charge on any atom is -0.272 e. The second kappa shape index (κ2) is 5.70. The molecule has 0 bridgehead atoms. The van der Waals surface area contributed by atoms with E-state index in [2.05, 4.69) is 24.2 Å². The molecule has 0 atom stereocenters. The van der Waals surface area contributed by atoms with E-state index >= 15 is 0 Å². The predicted octanol–water partition coefficient (Wildman–Crippen LogP) is 4.02. The normalized spacial score (nSPS) is 10.7. The molecule has 3 heteroatoms. The predicted molar refractivity (Wildman–Crippen MR) is 81.2 cm³/mol. The average molecular weight is 263 g/mol. The van der Waals surface area contributed by atoms with Gasteiger partial charge >= 0.3 is 0 Å². The summed E-state index contributed by atoms with van der Waals surface area (Å²) in [7, 11) is 0. The molecule has 0 fully saturated rings. The van der Waals surface area contributed by atoms with Crippen molar-refractivity contribution in [1.82, 2.24) is 14.8 Å². The van der Waals surface area contributed by atoms with Crippen molar-refractivity contribution in [2.45, 2.75) is 19.9 Å². The summed E-state index contributed by atoms with van der Waals surface area (Å²) in [4.78, 5) is 4.71. The molecule has 20 heavy (non-hydrogen) atoms. The molecule has 0 unspecified atom stereocenters. The van der Waals surface area contributed by atoms with Crippen molar-refractivity contribution in [3.63, 3.8) is 0 Å². The van der Waals surface area contributed by atoms with Gasteiger partial charge in [-0.25, -0.2) is 4.98 Å². The molecule has 0 saturated carbocycles. The van der Waals surface area contributed by atoms with Gasteiger partial charge in [0.05, 0.1) is 11.4 Å². The van der Waals surface area contributed by atoms with Crippen LogP contribution in [0.5, 0.6) is 0 Å². The molecule has 0 aliphatic heterocycles. The summed E-state index contributed by atoms with van der Waals surface area (Å²) in [6.07, 6.45) is 3.09. The largest absolute Gasteiger partial charge is 0.272 e. The third kappa shape index (κ3) is 2.62. The second-order valence-electron chi connectivity index (χ2n) is 4.74. The molecule has 0 aliphatic carbocycles. The number of hydrogen-bond donors (Lipinski definition) is 0. The van der Waals surface area contributed by atoms with Crippen LogP contribution in [0.3, 0.4) is 0 Å². The first-order valence-electron chi connectivity index (χ1n) is 6.93. The molecule has 2 heterocycles. The van der Waals surface area contributed by atoms with E-state index in [4.69, 9.17) is 4.98 Å². The van der Waals surface area contributed by atoms with Crippen molar-refractivity contribution in [3.8, 4) is 22.6 Å². The van der Waals surface area contributed by atoms with Crippen LogP contribution >= 0.6 is 0 Å². The zero-order valence-electron chi connectivity index (χ0n) is 11.5. The molecule has 0 N–H and O–H groups in total. The second-order valence-corrected chi connectivity index (χ2v) is 4.74. The standard InChI is InChI=1S/C17H17N3/c1-2-12-20-13-11-17(19-20)16-10-6-9-15(18-16)14-7-4-3-5-8-14/h3-11,13H,2,12H2,1H3. The average Bonchev–Trinajstić information content (AvgIpc) is 2.97. The van der Waals surface area contributed by atoms with Crippen molar-refractivity contribution < 1.29 is 0 Å². The molecule has 0 aliphatic rings. The van der Waals surface area contributed by atoms with Gasteiger partial charge in [0.25, 0.3) is 0 Å². The topological polar surface area (TPSA) is 30.7 Å². The Labute approximate surface area is 118 Å². The lowest BCUT2D eigenvalue weighted by atomic mass is 10.1. The zero-order valence-corrected chi connectivity index (χ0v) is 11.5. The van der Waals surface area contributed by atoms with Gasteiger partial charge in [0.15, 0.2) is 0 Å². The fraction of sp³-hybridized carbons (Fsp3) is 0.176. The lowest BCUT2D eigenvalue weighted by Crippen LogP contribution is -1.97. The minimum atomic E-state index is 0.918. The summed E-state index contributed by atoms with van der Waals surface area (Å²) in [6, 6.07) is 18.3. The van der Waals surface area contributed by atoms with Crippen molar-refractivity contribution in [3.05, 3.63) is 60.8 Å². The smallest absolute Gasteiger partial charge is 0.111 e. The Bertz CT molecular complexity index is 686. The fourth-order valence-corrected chi connectivity index (χ4v) is 2.20. The van der Waals surface area contributed by atoms with Gasteiger partial charge < -0.3 is 0 Å². The molecular weight excluding hydrogens is 246 g/mol. The number of nitrogens with zero attached hydrogens (tertiary/aromatic N) is 3. The van der Waals surface area contributed by atoms with Crippen LogP contribution in [0.15, 0.2) is 60.8 Å². The quantitative estimate of drug-likeness (QED) is 0.711. The molecule has 0 radical (unpaired) electrons. The first-order valence-corrected chi connectivity index (χ1v) is 6.93. The van der Waals surface area contributed by atoms with Gasteiger partial charge in [-0.3, -0.25) is 4.68 Å². The molecule has 2 aromatic heterocycles. The SMILES string of the molecule is CCCn1ccc(-c2cccc(-c3ccccc3)n2)n1. The summed E-state index contributed by atoms with van der Waals surface area (Å²) in [5, 5.41) is 4.56. The highest BCUT2D eigenvalue weighted by Crippen LogP contribution is 2.21. The fourth-order valence-electron chi connectivity index (χ4n) is 2.20. The molecule has 0 spiro atoms. The Morgan fingerprint density at radius 1 is 0.850 bits per heavy atom. The van der Waals surface area contributed by atoms with Gasteiger partial charge in [-0.1, -0.05) is 43.3 Å². The van der Waals surface area contributed by atoms with Crippen molar-refractivity contribution >= 4 is 0 Å². The number of rotatable bonds is 4. The van der Waals surface area contributed by atoms with E-state index < -0.39 is 0 Å². The molecule has 3 rings (SSSR count). The van der Waals surface area contributed by atoms with Crippen LogP contribution in [0.2, 0.25) is 0 Å². The van der Waals surface area contributed by atoms with Gasteiger partial charge in [0.1, 0.15) is 5.69 Å². The van der Waals surface area contributed by atoms with Crippen molar-refractivity contribution in [2.75, 3.05) is 0 Å². The zero-order chi connectivity index (χ0) is 13.8. The van der Waals surface area contributed by atoms with E-state index in [0.717, 1.165) is 35.6 Å². The van der Waals surface area contributed by atoms with E-state index in [9.17, 15) is 0 Å². The summed E-state index contributed by atoms with van der Waals surface area (Å²) < 4.78 is 1.96. The molecule has 0 amide bonds. The minimum absolute atomic E-state index is 0.918. The number of hydrogen-bond acceptors (Lipinski definition) is 2. The number of pyridine rings is 1. The van der Waals surface area contributed by atoms with Crippen LogP contribution < -0.4 is 0 Å². The summed E-state index contributed by atoms with van der Waals surface area (Å²) in [5.74, 6) is 0. The highest BCUT2D eigenvalue weighted by atomic mass is 15.3. The third-order valence-electron chi connectivity index (χ3n) is 3.17. The summed E-state index contributed by atoms with van der Waals surface area (Å²) in [5.41, 5.74) is 3.95. The molecule has 3 aromatic rings. The van der Waals surface area contributed by atoms with Crippen LogP contribution in [0.25, 0.3) is 22.6 Å². The van der Waals surface area contributed by atoms with E-state index in [0.29, 0.717) is 0 Å². The van der Waals surface area contributed by atoms with Crippen LogP contribution in [0.4, 0.5) is 0 Å². The van der Waals surface area contributed by atoms with Gasteiger partial charge in [0.2, 0.25) is 0 Å². The Kier molecular flexibility index (Phi) is 3.59. The molecule has 100 valence electrons. The van der Waals surface area contributed by atoms with Crippen LogP contribution in [-0.4, -0.2) is 14.8 Å². The van der Waals surface area contributed by atoms with E-state index in [1.54, 1.807) is 0 Å². The maximum Gasteiger partial charge on any atom is 0.111 e. The summed E-state index contributed by atoms with van der Waals surface area (Å²) >= 11 is 0. The van der Waals surface area contributed by atoms with Crippen LogP contribution in [0, 0.1) is 0 Å². The van der Waals surface area contributed by atoms with Crippen LogP contribution in [0.1, 0.15) is 13.3 Å². The van der Waals surface area contributed by atoms with Crippen LogP contribution in [-0.2, 0) is 6.54 Å². The maximum atomic E-state index is 4.71. The highest BCUT2D eigenvalue weighted by Gasteiger charge is 2.05. The van der Waals surface area contributed by atoms with Gasteiger partial charge in [0, 0.05) is 18.3 Å². The lowest BCUT2D eigenvalue weighted by Gasteiger charge is -2.03. The van der Waals surface area contributed by atoms with Gasteiger partial charge in [-0.15, -0.1) is 0 Å². The Morgan fingerprint density at radius 3 is 2.45 bits per heavy atom. The summed E-state index contributed by atoms with van der Waals surface area (Å²) in [6.45, 7) is 3.09. The number of aryl methyl sites for hydroxylation is 1. The van der Waals surface area contributed by atoms with Gasteiger partial charge in [-0.05, 0) is 24.6 Å². The van der Waals surface area contributed by atoms with Gasteiger partial charge in [-0.2, -0.15) is 5.10 Å². The van der Waals surface area contributed by atoms with E-state index in [-0.39, 0.29) is 0 Å². The number of aromatic nitrogens is 3. The molecule has 3 nitrogen and oxygen atoms in total. The highest BCUT2D eigenvalue weighted by molar-refractivity contribution is 5.63. The van der Waals surface area contributed by atoms with Crippen molar-refractivity contribution in [2.24, 2.45) is 0 Å². The van der Waals surface area contributed by atoms with E-state index in [1.807, 2.05) is 53.3 Å². The third-order valence-corrected chi connectivity index (χ3v) is 3.17. The number of benzene rings is 1.